The summed E-state index contributed by atoms with van der Waals surface area (Å²) < 4.78 is 0. The largest absolute Gasteiger partial charge is 0.314 e. The van der Waals surface area contributed by atoms with Crippen molar-refractivity contribution in [3.63, 3.8) is 0 Å². The van der Waals surface area contributed by atoms with Gasteiger partial charge in [-0.15, -0.1) is 0 Å². The summed E-state index contributed by atoms with van der Waals surface area (Å²) in [6.45, 7) is 0. The van der Waals surface area contributed by atoms with Crippen molar-refractivity contribution in [1.82, 2.24) is 5.32 Å². The van der Waals surface area contributed by atoms with E-state index in [0.717, 1.165) is 6.42 Å². The van der Waals surface area contributed by atoms with E-state index >= 15 is 0 Å². The van der Waals surface area contributed by atoms with E-state index < -0.39 is 0 Å². The van der Waals surface area contributed by atoms with Gasteiger partial charge in [-0.1, -0.05) is 42.5 Å². The molecule has 3 rings (SSSR count). The smallest absolute Gasteiger partial charge is 0.0220 e. The van der Waals surface area contributed by atoms with Gasteiger partial charge in [-0.3, -0.25) is 0 Å². The summed E-state index contributed by atoms with van der Waals surface area (Å²) in [5.74, 6) is 0. The lowest BCUT2D eigenvalue weighted by molar-refractivity contribution is 0.549. The standard InChI is InChI=1S/C15H17N/c1-16-15(8-9-15)11-12-6-7-13-4-2-3-5-14(13)10-12/h2-7,10,16H,8-9,11H2,1H3. The van der Waals surface area contributed by atoms with E-state index in [1.807, 2.05) is 0 Å². The Morgan fingerprint density at radius 3 is 2.50 bits per heavy atom. The number of likely N-dealkylation sites (N-methyl/N-ethyl adjacent to an activating group) is 1. The lowest BCUT2D eigenvalue weighted by Gasteiger charge is -2.14. The van der Waals surface area contributed by atoms with Gasteiger partial charge >= 0.3 is 0 Å². The molecule has 0 amide bonds. The fourth-order valence-corrected chi connectivity index (χ4v) is 2.41. The molecule has 2 aromatic carbocycles. The van der Waals surface area contributed by atoms with Crippen LogP contribution in [0.2, 0.25) is 0 Å². The predicted molar refractivity (Wildman–Crippen MR) is 68.7 cm³/mol. The minimum Gasteiger partial charge on any atom is -0.314 e. The van der Waals surface area contributed by atoms with E-state index in [-0.39, 0.29) is 0 Å². The highest BCUT2D eigenvalue weighted by Gasteiger charge is 2.40. The lowest BCUT2D eigenvalue weighted by atomic mass is 10.0. The van der Waals surface area contributed by atoms with E-state index in [0.29, 0.717) is 5.54 Å². The van der Waals surface area contributed by atoms with Gasteiger partial charge in [0, 0.05) is 5.54 Å². The lowest BCUT2D eigenvalue weighted by Crippen LogP contribution is -2.29. The first-order chi connectivity index (χ1) is 7.81. The summed E-state index contributed by atoms with van der Waals surface area (Å²) in [6.07, 6.45) is 3.79. The predicted octanol–water partition coefficient (Wildman–Crippen LogP) is 3.13. The third-order valence-corrected chi connectivity index (χ3v) is 3.74. The molecule has 0 spiro atoms. The van der Waals surface area contributed by atoms with Crippen molar-refractivity contribution in [2.24, 2.45) is 0 Å². The highest BCUT2D eigenvalue weighted by molar-refractivity contribution is 5.83. The van der Waals surface area contributed by atoms with Crippen LogP contribution >= 0.6 is 0 Å². The van der Waals surface area contributed by atoms with Crippen molar-refractivity contribution in [1.29, 1.82) is 0 Å². The molecule has 16 heavy (non-hydrogen) atoms. The van der Waals surface area contributed by atoms with Gasteiger partial charge in [0.25, 0.3) is 0 Å². The van der Waals surface area contributed by atoms with Crippen LogP contribution in [0.4, 0.5) is 0 Å². The molecule has 1 aliphatic rings. The van der Waals surface area contributed by atoms with Gasteiger partial charge in [-0.25, -0.2) is 0 Å². The molecule has 1 saturated carbocycles. The van der Waals surface area contributed by atoms with Crippen molar-refractivity contribution in [3.8, 4) is 0 Å². The summed E-state index contributed by atoms with van der Waals surface area (Å²) in [7, 11) is 2.08. The summed E-state index contributed by atoms with van der Waals surface area (Å²) in [5, 5.41) is 6.14. The molecule has 1 heteroatoms. The maximum atomic E-state index is 3.45. The van der Waals surface area contributed by atoms with E-state index in [9.17, 15) is 0 Å². The molecule has 82 valence electrons. The van der Waals surface area contributed by atoms with Gasteiger partial charge in [0.1, 0.15) is 0 Å². The van der Waals surface area contributed by atoms with E-state index in [4.69, 9.17) is 0 Å². The Morgan fingerprint density at radius 2 is 1.81 bits per heavy atom. The first-order valence-electron chi connectivity index (χ1n) is 5.98. The van der Waals surface area contributed by atoms with Gasteiger partial charge in [0.05, 0.1) is 0 Å². The normalized spacial score (nSPS) is 17.6. The molecule has 0 bridgehead atoms. The molecule has 1 nitrogen and oxygen atoms in total. The van der Waals surface area contributed by atoms with Crippen LogP contribution in [0.15, 0.2) is 42.5 Å². The first kappa shape index (κ1) is 9.86. The van der Waals surface area contributed by atoms with Crippen LogP contribution in [0.25, 0.3) is 10.8 Å². The molecule has 0 radical (unpaired) electrons. The molecular formula is C15H17N. The number of fused-ring (bicyclic) bond motifs is 1. The third-order valence-electron chi connectivity index (χ3n) is 3.74. The summed E-state index contributed by atoms with van der Waals surface area (Å²) >= 11 is 0. The molecule has 0 aliphatic heterocycles. The van der Waals surface area contributed by atoms with Crippen molar-refractivity contribution < 1.29 is 0 Å². The summed E-state index contributed by atoms with van der Waals surface area (Å²) in [6, 6.07) is 15.4. The monoisotopic (exact) mass is 211 g/mol. The fraction of sp³-hybridized carbons (Fsp3) is 0.333. The van der Waals surface area contributed by atoms with Gasteiger partial charge in [-0.2, -0.15) is 0 Å². The minimum atomic E-state index is 0.405. The topological polar surface area (TPSA) is 12.0 Å². The molecule has 1 N–H and O–H groups in total. The average Bonchev–Trinajstić information content (AvgIpc) is 3.09. The molecule has 1 fully saturated rings. The summed E-state index contributed by atoms with van der Waals surface area (Å²) in [5.41, 5.74) is 1.85. The van der Waals surface area contributed by atoms with Crippen molar-refractivity contribution >= 4 is 10.8 Å². The van der Waals surface area contributed by atoms with Crippen LogP contribution in [0, 0.1) is 0 Å². The molecule has 2 aromatic rings. The van der Waals surface area contributed by atoms with Crippen LogP contribution in [0.3, 0.4) is 0 Å². The highest BCUT2D eigenvalue weighted by Crippen LogP contribution is 2.38. The molecule has 0 atom stereocenters. The number of hydrogen-bond acceptors (Lipinski definition) is 1. The average molecular weight is 211 g/mol. The Kier molecular flexibility index (Phi) is 2.22. The number of hydrogen-bond donors (Lipinski definition) is 1. The van der Waals surface area contributed by atoms with Crippen molar-refractivity contribution in [3.05, 3.63) is 48.0 Å². The molecule has 0 unspecified atom stereocenters. The van der Waals surface area contributed by atoms with Gasteiger partial charge in [0.15, 0.2) is 0 Å². The van der Waals surface area contributed by atoms with E-state index in [2.05, 4.69) is 54.8 Å². The quantitative estimate of drug-likeness (QED) is 0.822. The zero-order valence-electron chi connectivity index (χ0n) is 9.66. The molecule has 0 aromatic heterocycles. The second-order valence-electron chi connectivity index (χ2n) is 4.89. The van der Waals surface area contributed by atoms with Crippen LogP contribution in [0.1, 0.15) is 18.4 Å². The van der Waals surface area contributed by atoms with Crippen LogP contribution < -0.4 is 5.32 Å². The zero-order valence-corrected chi connectivity index (χ0v) is 9.66. The second kappa shape index (κ2) is 3.60. The number of rotatable bonds is 3. The molecule has 1 aliphatic carbocycles. The minimum absolute atomic E-state index is 0.405. The number of nitrogens with one attached hydrogen (secondary N) is 1. The van der Waals surface area contributed by atoms with E-state index in [1.54, 1.807) is 0 Å². The number of benzene rings is 2. The van der Waals surface area contributed by atoms with Gasteiger partial charge < -0.3 is 5.32 Å². The molecular weight excluding hydrogens is 194 g/mol. The Morgan fingerprint density at radius 1 is 1.06 bits per heavy atom. The highest BCUT2D eigenvalue weighted by atomic mass is 15.0. The second-order valence-corrected chi connectivity index (χ2v) is 4.89. The Hall–Kier alpha value is -1.34. The molecule has 0 heterocycles. The van der Waals surface area contributed by atoms with Gasteiger partial charge in [0.2, 0.25) is 0 Å². The Bertz CT molecular complexity index is 512. The fourth-order valence-electron chi connectivity index (χ4n) is 2.41. The van der Waals surface area contributed by atoms with E-state index in [1.165, 1.54) is 29.2 Å². The van der Waals surface area contributed by atoms with Crippen LogP contribution in [-0.4, -0.2) is 12.6 Å². The van der Waals surface area contributed by atoms with Crippen LogP contribution in [-0.2, 0) is 6.42 Å². The summed E-state index contributed by atoms with van der Waals surface area (Å²) in [4.78, 5) is 0. The zero-order chi connectivity index (χ0) is 11.0. The van der Waals surface area contributed by atoms with Gasteiger partial charge in [-0.05, 0) is 42.6 Å². The first-order valence-corrected chi connectivity index (χ1v) is 5.98. The third kappa shape index (κ3) is 1.72. The molecule has 0 saturated heterocycles. The Labute approximate surface area is 96.5 Å². The van der Waals surface area contributed by atoms with Crippen molar-refractivity contribution in [2.75, 3.05) is 7.05 Å². The van der Waals surface area contributed by atoms with Crippen LogP contribution in [0.5, 0.6) is 0 Å². The Balaban J connectivity index is 1.93. The van der Waals surface area contributed by atoms with Crippen molar-refractivity contribution in [2.45, 2.75) is 24.8 Å². The maximum Gasteiger partial charge on any atom is 0.0220 e. The SMILES string of the molecule is CNC1(Cc2ccc3ccccc3c2)CC1. The maximum absolute atomic E-state index is 3.45.